The van der Waals surface area contributed by atoms with Gasteiger partial charge in [0.1, 0.15) is 0 Å². The van der Waals surface area contributed by atoms with E-state index >= 15 is 0 Å². The third-order valence-corrected chi connectivity index (χ3v) is 4.56. The highest BCUT2D eigenvalue weighted by molar-refractivity contribution is 6.31. The van der Waals surface area contributed by atoms with E-state index in [1.807, 2.05) is 31.2 Å². The maximum absolute atomic E-state index is 10.4. The van der Waals surface area contributed by atoms with Crippen molar-refractivity contribution in [2.45, 2.75) is 19.6 Å². The second kappa shape index (κ2) is 11.4. The Hall–Kier alpha value is -2.64. The number of hydrogen-bond donors (Lipinski definition) is 3. The van der Waals surface area contributed by atoms with Crippen molar-refractivity contribution < 1.29 is 19.3 Å². The van der Waals surface area contributed by atoms with Crippen LogP contribution in [0.15, 0.2) is 41.4 Å². The largest absolute Gasteiger partial charge is 0.493 e. The summed E-state index contributed by atoms with van der Waals surface area (Å²) in [7, 11) is 4.72. The number of aliphatic hydroxyl groups excluding tert-OH is 1. The molecule has 0 aliphatic heterocycles. The van der Waals surface area contributed by atoms with Crippen LogP contribution in [0.4, 0.5) is 0 Å². The topological polar surface area (TPSA) is 84.3 Å². The molecule has 158 valence electrons. The molecule has 2 aromatic rings. The van der Waals surface area contributed by atoms with Crippen molar-refractivity contribution in [3.63, 3.8) is 0 Å². The number of nitrogens with one attached hydrogen (secondary N) is 2. The molecular weight excluding hydrogens is 394 g/mol. The monoisotopic (exact) mass is 421 g/mol. The Morgan fingerprint density at radius 3 is 2.28 bits per heavy atom. The van der Waals surface area contributed by atoms with E-state index < -0.39 is 6.10 Å². The lowest BCUT2D eigenvalue weighted by Gasteiger charge is -2.17. The maximum Gasteiger partial charge on any atom is 0.203 e. The van der Waals surface area contributed by atoms with Crippen LogP contribution in [-0.4, -0.2) is 45.5 Å². The number of ether oxygens (including phenoxy) is 3. The number of guanidine groups is 1. The summed E-state index contributed by atoms with van der Waals surface area (Å²) in [4.78, 5) is 4.58. The average molecular weight is 422 g/mol. The van der Waals surface area contributed by atoms with E-state index in [0.717, 1.165) is 5.56 Å². The Morgan fingerprint density at radius 1 is 1.07 bits per heavy atom. The standard InChI is InChI=1S/C21H28ClN3O4/c1-5-23-21(25-13-17(26)15-8-6-7-9-16(15)22)24-12-14-10-18(27-2)20(29-4)19(11-14)28-3/h6-11,17,26H,5,12-13H2,1-4H3,(H2,23,24,25). The van der Waals surface area contributed by atoms with Crippen LogP contribution in [0.3, 0.4) is 0 Å². The lowest BCUT2D eigenvalue weighted by atomic mass is 10.1. The molecule has 0 saturated heterocycles. The normalized spacial score (nSPS) is 12.3. The van der Waals surface area contributed by atoms with Gasteiger partial charge in [0.05, 0.1) is 34.0 Å². The molecule has 0 radical (unpaired) electrons. The lowest BCUT2D eigenvalue weighted by molar-refractivity contribution is 0.181. The summed E-state index contributed by atoms with van der Waals surface area (Å²) in [5.41, 5.74) is 1.56. The lowest BCUT2D eigenvalue weighted by Crippen LogP contribution is -2.39. The molecule has 1 atom stereocenters. The predicted octanol–water partition coefficient (Wildman–Crippen LogP) is 3.15. The van der Waals surface area contributed by atoms with Crippen LogP contribution in [-0.2, 0) is 6.54 Å². The van der Waals surface area contributed by atoms with Crippen molar-refractivity contribution in [3.05, 3.63) is 52.5 Å². The number of hydrogen-bond acceptors (Lipinski definition) is 5. The molecule has 0 aliphatic rings. The van der Waals surface area contributed by atoms with E-state index in [-0.39, 0.29) is 6.54 Å². The molecule has 3 N–H and O–H groups in total. The van der Waals surface area contributed by atoms with Crippen molar-refractivity contribution in [2.75, 3.05) is 34.4 Å². The second-order valence-corrected chi connectivity index (χ2v) is 6.55. The van der Waals surface area contributed by atoms with Crippen LogP contribution in [0.5, 0.6) is 17.2 Å². The average Bonchev–Trinajstić information content (AvgIpc) is 2.74. The zero-order valence-electron chi connectivity index (χ0n) is 17.2. The van der Waals surface area contributed by atoms with Gasteiger partial charge in [0, 0.05) is 23.7 Å². The van der Waals surface area contributed by atoms with Gasteiger partial charge in [0.25, 0.3) is 0 Å². The van der Waals surface area contributed by atoms with E-state index in [9.17, 15) is 5.11 Å². The molecule has 2 rings (SSSR count). The summed E-state index contributed by atoms with van der Waals surface area (Å²) in [6.07, 6.45) is -0.756. The summed E-state index contributed by atoms with van der Waals surface area (Å²) < 4.78 is 16.1. The first-order valence-electron chi connectivity index (χ1n) is 9.27. The summed E-state index contributed by atoms with van der Waals surface area (Å²) in [5.74, 6) is 2.26. The minimum Gasteiger partial charge on any atom is -0.493 e. The molecule has 1 unspecified atom stereocenters. The molecule has 0 amide bonds. The van der Waals surface area contributed by atoms with Gasteiger partial charge in [-0.2, -0.15) is 0 Å². The molecule has 0 aliphatic carbocycles. The minimum absolute atomic E-state index is 0.269. The van der Waals surface area contributed by atoms with Gasteiger partial charge in [-0.15, -0.1) is 0 Å². The Labute approximate surface area is 176 Å². The Bertz CT molecular complexity index is 804. The summed E-state index contributed by atoms with van der Waals surface area (Å²) in [5, 5.41) is 17.3. The molecule has 8 heteroatoms. The first kappa shape index (κ1) is 22.6. The molecule has 29 heavy (non-hydrogen) atoms. The van der Waals surface area contributed by atoms with Gasteiger partial charge in [-0.3, -0.25) is 0 Å². The van der Waals surface area contributed by atoms with Crippen LogP contribution in [0.25, 0.3) is 0 Å². The van der Waals surface area contributed by atoms with Crippen molar-refractivity contribution in [1.82, 2.24) is 10.6 Å². The number of aliphatic imine (C=N–C) groups is 1. The van der Waals surface area contributed by atoms with Crippen molar-refractivity contribution in [3.8, 4) is 17.2 Å². The second-order valence-electron chi connectivity index (χ2n) is 6.15. The number of nitrogens with zero attached hydrogens (tertiary/aromatic N) is 1. The summed E-state index contributed by atoms with van der Waals surface area (Å²) in [6, 6.07) is 10.9. The fraction of sp³-hybridized carbons (Fsp3) is 0.381. The highest BCUT2D eigenvalue weighted by atomic mass is 35.5. The Kier molecular flexibility index (Phi) is 8.89. The van der Waals surface area contributed by atoms with Gasteiger partial charge in [-0.05, 0) is 30.7 Å². The summed E-state index contributed by atoms with van der Waals surface area (Å²) >= 11 is 6.15. The molecule has 0 fully saturated rings. The third-order valence-electron chi connectivity index (χ3n) is 4.22. The highest BCUT2D eigenvalue weighted by Crippen LogP contribution is 2.38. The van der Waals surface area contributed by atoms with Gasteiger partial charge in [-0.25, -0.2) is 4.99 Å². The molecule has 7 nitrogen and oxygen atoms in total. The number of methoxy groups -OCH3 is 3. The number of rotatable bonds is 9. The van der Waals surface area contributed by atoms with E-state index in [2.05, 4.69) is 15.6 Å². The Balaban J connectivity index is 2.12. The first-order valence-corrected chi connectivity index (χ1v) is 9.65. The third kappa shape index (κ3) is 6.17. The fourth-order valence-corrected chi connectivity index (χ4v) is 3.05. The number of aliphatic hydroxyl groups is 1. The smallest absolute Gasteiger partial charge is 0.203 e. The number of benzene rings is 2. The molecule has 0 bridgehead atoms. The maximum atomic E-state index is 10.4. The van der Waals surface area contributed by atoms with Gasteiger partial charge < -0.3 is 30.0 Å². The van der Waals surface area contributed by atoms with Crippen LogP contribution in [0.2, 0.25) is 5.02 Å². The van der Waals surface area contributed by atoms with Crippen molar-refractivity contribution >= 4 is 17.6 Å². The first-order chi connectivity index (χ1) is 14.0. The molecule has 0 spiro atoms. The zero-order chi connectivity index (χ0) is 21.2. The Morgan fingerprint density at radius 2 is 1.72 bits per heavy atom. The van der Waals surface area contributed by atoms with Gasteiger partial charge in [-0.1, -0.05) is 29.8 Å². The minimum atomic E-state index is -0.756. The SMILES string of the molecule is CCNC(=NCc1cc(OC)c(OC)c(OC)c1)NCC(O)c1ccccc1Cl. The van der Waals surface area contributed by atoms with Crippen molar-refractivity contribution in [2.24, 2.45) is 4.99 Å². The van der Waals surface area contributed by atoms with Crippen LogP contribution < -0.4 is 24.8 Å². The van der Waals surface area contributed by atoms with E-state index in [1.54, 1.807) is 33.5 Å². The van der Waals surface area contributed by atoms with Gasteiger partial charge >= 0.3 is 0 Å². The summed E-state index contributed by atoms with van der Waals surface area (Å²) in [6.45, 7) is 3.31. The van der Waals surface area contributed by atoms with E-state index in [4.69, 9.17) is 25.8 Å². The van der Waals surface area contributed by atoms with Crippen molar-refractivity contribution in [1.29, 1.82) is 0 Å². The van der Waals surface area contributed by atoms with Gasteiger partial charge in [0.15, 0.2) is 17.5 Å². The zero-order valence-corrected chi connectivity index (χ0v) is 17.9. The van der Waals surface area contributed by atoms with Crippen LogP contribution in [0, 0.1) is 0 Å². The molecule has 0 aromatic heterocycles. The van der Waals surface area contributed by atoms with Crippen LogP contribution in [0.1, 0.15) is 24.2 Å². The van der Waals surface area contributed by atoms with Crippen LogP contribution >= 0.6 is 11.6 Å². The number of halogens is 1. The highest BCUT2D eigenvalue weighted by Gasteiger charge is 2.14. The molecule has 2 aromatic carbocycles. The molecular formula is C21H28ClN3O4. The van der Waals surface area contributed by atoms with E-state index in [0.29, 0.717) is 46.9 Å². The molecule has 0 saturated carbocycles. The van der Waals surface area contributed by atoms with E-state index in [1.165, 1.54) is 0 Å². The quantitative estimate of drug-likeness (QED) is 0.426. The fourth-order valence-electron chi connectivity index (χ4n) is 2.79. The molecule has 0 heterocycles. The predicted molar refractivity (Wildman–Crippen MR) is 115 cm³/mol. The van der Waals surface area contributed by atoms with Gasteiger partial charge in [0.2, 0.25) is 5.75 Å².